The zero-order chi connectivity index (χ0) is 19.5. The lowest BCUT2D eigenvalue weighted by molar-refractivity contribution is 0.354. The van der Waals surface area contributed by atoms with Gasteiger partial charge in [-0.15, -0.1) is 0 Å². The summed E-state index contributed by atoms with van der Waals surface area (Å²) in [5.41, 5.74) is 3.59. The van der Waals surface area contributed by atoms with Gasteiger partial charge in [-0.05, 0) is 56.4 Å². The van der Waals surface area contributed by atoms with E-state index in [1.165, 1.54) is 11.1 Å². The number of methoxy groups -OCH3 is 2. The number of nitrogens with zero attached hydrogens (tertiary/aromatic N) is 2. The van der Waals surface area contributed by atoms with Crippen LogP contribution in [0.25, 0.3) is 0 Å². The molecule has 2 rings (SSSR count). The standard InChI is InChI=1S/C20H31N5O2/c1-5-21-20(22-11-6-7-17-14-24-25-15(17)2)23-12-10-16-8-9-18(26-3)19(13-16)27-4/h8-9,13-14H,5-7,10-12H2,1-4H3,(H,24,25)(H2,21,22,23). The van der Waals surface area contributed by atoms with Crippen LogP contribution in [-0.4, -0.2) is 50.0 Å². The number of aromatic amines is 1. The monoisotopic (exact) mass is 373 g/mol. The van der Waals surface area contributed by atoms with Crippen LogP contribution in [0.3, 0.4) is 0 Å². The van der Waals surface area contributed by atoms with Gasteiger partial charge in [0.1, 0.15) is 0 Å². The van der Waals surface area contributed by atoms with E-state index in [1.54, 1.807) is 14.2 Å². The highest BCUT2D eigenvalue weighted by Gasteiger charge is 2.05. The lowest BCUT2D eigenvalue weighted by Crippen LogP contribution is -2.38. The van der Waals surface area contributed by atoms with Gasteiger partial charge in [-0.1, -0.05) is 6.07 Å². The molecule has 0 aliphatic carbocycles. The molecule has 0 saturated carbocycles. The molecule has 2 aromatic rings. The van der Waals surface area contributed by atoms with Gasteiger partial charge in [0.05, 0.1) is 20.4 Å². The molecule has 3 N–H and O–H groups in total. The summed E-state index contributed by atoms with van der Waals surface area (Å²) in [6, 6.07) is 6.00. The number of rotatable bonds is 10. The molecule has 7 nitrogen and oxygen atoms in total. The fraction of sp³-hybridized carbons (Fsp3) is 0.500. The average molecular weight is 374 g/mol. The normalized spacial score (nSPS) is 11.3. The molecule has 0 radical (unpaired) electrons. The van der Waals surface area contributed by atoms with Crippen molar-refractivity contribution >= 4 is 5.96 Å². The molecule has 7 heteroatoms. The minimum absolute atomic E-state index is 0.747. The number of guanidine groups is 1. The van der Waals surface area contributed by atoms with E-state index in [0.29, 0.717) is 0 Å². The van der Waals surface area contributed by atoms with Crippen LogP contribution in [0.5, 0.6) is 11.5 Å². The number of aromatic nitrogens is 2. The molecule has 0 saturated heterocycles. The van der Waals surface area contributed by atoms with Crippen molar-refractivity contribution in [1.29, 1.82) is 0 Å². The highest BCUT2D eigenvalue weighted by molar-refractivity contribution is 5.79. The van der Waals surface area contributed by atoms with E-state index >= 15 is 0 Å². The third kappa shape index (κ3) is 6.51. The SMILES string of the molecule is CCNC(=NCCCc1cn[nH]c1C)NCCc1ccc(OC)c(OC)c1. The van der Waals surface area contributed by atoms with Crippen molar-refractivity contribution in [1.82, 2.24) is 20.8 Å². The van der Waals surface area contributed by atoms with Gasteiger partial charge in [0.25, 0.3) is 0 Å². The van der Waals surface area contributed by atoms with Crippen molar-refractivity contribution in [3.8, 4) is 11.5 Å². The Morgan fingerprint density at radius 3 is 2.63 bits per heavy atom. The predicted octanol–water partition coefficient (Wildman–Crippen LogP) is 2.47. The number of nitrogens with one attached hydrogen (secondary N) is 3. The first-order valence-corrected chi connectivity index (χ1v) is 9.39. The molecule has 0 amide bonds. The Hall–Kier alpha value is -2.70. The fourth-order valence-corrected chi connectivity index (χ4v) is 2.79. The molecule has 0 aliphatic rings. The Bertz CT molecular complexity index is 727. The maximum absolute atomic E-state index is 5.36. The van der Waals surface area contributed by atoms with Crippen LogP contribution in [0.4, 0.5) is 0 Å². The molecule has 148 valence electrons. The van der Waals surface area contributed by atoms with Crippen molar-refractivity contribution in [3.05, 3.63) is 41.2 Å². The van der Waals surface area contributed by atoms with Crippen molar-refractivity contribution in [2.45, 2.75) is 33.1 Å². The summed E-state index contributed by atoms with van der Waals surface area (Å²) in [5.74, 6) is 2.35. The first-order valence-electron chi connectivity index (χ1n) is 9.39. The van der Waals surface area contributed by atoms with E-state index < -0.39 is 0 Å². The van der Waals surface area contributed by atoms with Crippen LogP contribution < -0.4 is 20.1 Å². The Kier molecular flexibility index (Phi) is 8.48. The number of H-pyrrole nitrogens is 1. The number of ether oxygens (including phenoxy) is 2. The number of hydrogen-bond acceptors (Lipinski definition) is 4. The lowest BCUT2D eigenvalue weighted by atomic mass is 10.1. The van der Waals surface area contributed by atoms with Gasteiger partial charge in [0, 0.05) is 25.3 Å². The fourth-order valence-electron chi connectivity index (χ4n) is 2.79. The first-order chi connectivity index (χ1) is 13.2. The van der Waals surface area contributed by atoms with Crippen molar-refractivity contribution in [3.63, 3.8) is 0 Å². The molecule has 1 heterocycles. The average Bonchev–Trinajstić information content (AvgIpc) is 3.09. The van der Waals surface area contributed by atoms with Gasteiger partial charge < -0.3 is 20.1 Å². The molecule has 0 aliphatic heterocycles. The second-order valence-corrected chi connectivity index (χ2v) is 6.25. The third-order valence-corrected chi connectivity index (χ3v) is 4.31. The van der Waals surface area contributed by atoms with Gasteiger partial charge in [0.2, 0.25) is 0 Å². The van der Waals surface area contributed by atoms with Crippen LogP contribution in [0, 0.1) is 6.92 Å². The highest BCUT2D eigenvalue weighted by Crippen LogP contribution is 2.27. The lowest BCUT2D eigenvalue weighted by Gasteiger charge is -2.12. The zero-order valence-electron chi connectivity index (χ0n) is 16.8. The quantitative estimate of drug-likeness (QED) is 0.338. The minimum atomic E-state index is 0.747. The Balaban J connectivity index is 1.80. The largest absolute Gasteiger partial charge is 0.493 e. The Labute approximate surface area is 161 Å². The first kappa shape index (κ1) is 20.6. The van der Waals surface area contributed by atoms with E-state index in [4.69, 9.17) is 9.47 Å². The van der Waals surface area contributed by atoms with Gasteiger partial charge in [-0.25, -0.2) is 0 Å². The third-order valence-electron chi connectivity index (χ3n) is 4.31. The maximum Gasteiger partial charge on any atom is 0.191 e. The summed E-state index contributed by atoms with van der Waals surface area (Å²) < 4.78 is 10.6. The van der Waals surface area contributed by atoms with Crippen molar-refractivity contribution in [2.24, 2.45) is 4.99 Å². The van der Waals surface area contributed by atoms with Gasteiger partial charge in [-0.2, -0.15) is 5.10 Å². The summed E-state index contributed by atoms with van der Waals surface area (Å²) in [4.78, 5) is 4.65. The van der Waals surface area contributed by atoms with E-state index in [9.17, 15) is 0 Å². The smallest absolute Gasteiger partial charge is 0.191 e. The van der Waals surface area contributed by atoms with Crippen molar-refractivity contribution < 1.29 is 9.47 Å². The molecule has 0 unspecified atom stereocenters. The Morgan fingerprint density at radius 1 is 1.15 bits per heavy atom. The molecule has 0 spiro atoms. The van der Waals surface area contributed by atoms with Crippen LogP contribution in [0.15, 0.2) is 29.4 Å². The van der Waals surface area contributed by atoms with Gasteiger partial charge in [-0.3, -0.25) is 10.1 Å². The van der Waals surface area contributed by atoms with E-state index in [0.717, 1.165) is 62.0 Å². The highest BCUT2D eigenvalue weighted by atomic mass is 16.5. The molecule has 1 aromatic carbocycles. The molecular weight excluding hydrogens is 342 g/mol. The zero-order valence-corrected chi connectivity index (χ0v) is 16.8. The predicted molar refractivity (Wildman–Crippen MR) is 109 cm³/mol. The van der Waals surface area contributed by atoms with E-state index in [2.05, 4.69) is 38.8 Å². The summed E-state index contributed by atoms with van der Waals surface area (Å²) >= 11 is 0. The van der Waals surface area contributed by atoms with Crippen LogP contribution in [0.2, 0.25) is 0 Å². The van der Waals surface area contributed by atoms with Crippen LogP contribution in [0.1, 0.15) is 30.2 Å². The molecule has 0 bridgehead atoms. The minimum Gasteiger partial charge on any atom is -0.493 e. The number of benzene rings is 1. The molecule has 0 fully saturated rings. The van der Waals surface area contributed by atoms with Crippen molar-refractivity contribution in [2.75, 3.05) is 33.9 Å². The number of aliphatic imine (C=N–C) groups is 1. The summed E-state index contributed by atoms with van der Waals surface area (Å²) in [5, 5.41) is 13.7. The number of hydrogen-bond donors (Lipinski definition) is 3. The van der Waals surface area contributed by atoms with Gasteiger partial charge >= 0.3 is 0 Å². The molecule has 27 heavy (non-hydrogen) atoms. The van der Waals surface area contributed by atoms with Crippen LogP contribution in [-0.2, 0) is 12.8 Å². The summed E-state index contributed by atoms with van der Waals surface area (Å²) in [6.07, 6.45) is 4.74. The molecule has 0 atom stereocenters. The summed E-state index contributed by atoms with van der Waals surface area (Å²) in [6.45, 7) is 6.52. The van der Waals surface area contributed by atoms with Gasteiger partial charge in [0.15, 0.2) is 17.5 Å². The topological polar surface area (TPSA) is 83.6 Å². The second-order valence-electron chi connectivity index (χ2n) is 6.25. The van der Waals surface area contributed by atoms with E-state index in [-0.39, 0.29) is 0 Å². The second kappa shape index (κ2) is 11.1. The van der Waals surface area contributed by atoms with Crippen LogP contribution >= 0.6 is 0 Å². The maximum atomic E-state index is 5.36. The summed E-state index contributed by atoms with van der Waals surface area (Å²) in [7, 11) is 3.30. The number of aryl methyl sites for hydroxylation is 2. The van der Waals surface area contributed by atoms with E-state index in [1.807, 2.05) is 25.3 Å². The molecule has 1 aromatic heterocycles. The molecular formula is C20H31N5O2. The Morgan fingerprint density at radius 2 is 1.96 bits per heavy atom.